The second-order valence-electron chi connectivity index (χ2n) is 5.82. The summed E-state index contributed by atoms with van der Waals surface area (Å²) in [5, 5.41) is 0. The Labute approximate surface area is 104 Å². The average molecular weight is 240 g/mol. The molecule has 1 aliphatic carbocycles. The van der Waals surface area contributed by atoms with Gasteiger partial charge in [0.25, 0.3) is 0 Å². The fourth-order valence-electron chi connectivity index (χ4n) is 2.34. The van der Waals surface area contributed by atoms with Crippen molar-refractivity contribution in [3.05, 3.63) is 0 Å². The van der Waals surface area contributed by atoms with Crippen molar-refractivity contribution in [3.63, 3.8) is 0 Å². The van der Waals surface area contributed by atoms with Gasteiger partial charge in [0.1, 0.15) is 0 Å². The van der Waals surface area contributed by atoms with Crippen LogP contribution in [0, 0.1) is 11.3 Å². The molecular formula is C13H24N2O2. The van der Waals surface area contributed by atoms with Gasteiger partial charge < -0.3 is 0 Å². The summed E-state index contributed by atoms with van der Waals surface area (Å²) in [6.45, 7) is 5.92. The molecule has 4 heteroatoms. The molecule has 0 aromatic rings. The van der Waals surface area contributed by atoms with E-state index < -0.39 is 0 Å². The van der Waals surface area contributed by atoms with Gasteiger partial charge in [-0.1, -0.05) is 26.7 Å². The van der Waals surface area contributed by atoms with E-state index in [-0.39, 0.29) is 17.7 Å². The Morgan fingerprint density at radius 1 is 1.06 bits per heavy atom. The van der Waals surface area contributed by atoms with E-state index >= 15 is 0 Å². The van der Waals surface area contributed by atoms with Crippen LogP contribution in [0.3, 0.4) is 0 Å². The van der Waals surface area contributed by atoms with Crippen LogP contribution in [0.5, 0.6) is 0 Å². The highest BCUT2D eigenvalue weighted by Gasteiger charge is 2.26. The smallest absolute Gasteiger partial charge is 0.241 e. The van der Waals surface area contributed by atoms with Crippen LogP contribution < -0.4 is 10.9 Å². The quantitative estimate of drug-likeness (QED) is 0.690. The maximum Gasteiger partial charge on any atom is 0.241 e. The number of rotatable bonds is 1. The molecule has 1 atom stereocenters. The molecule has 17 heavy (non-hydrogen) atoms. The molecule has 0 aromatic heterocycles. The normalized spacial score (nSPS) is 24.3. The zero-order valence-electron chi connectivity index (χ0n) is 11.1. The number of hydrazine groups is 1. The number of hydrogen-bond donors (Lipinski definition) is 2. The highest BCUT2D eigenvalue weighted by Crippen LogP contribution is 2.34. The van der Waals surface area contributed by atoms with Gasteiger partial charge in [-0.15, -0.1) is 0 Å². The van der Waals surface area contributed by atoms with Gasteiger partial charge in [-0.2, -0.15) is 0 Å². The van der Waals surface area contributed by atoms with Crippen molar-refractivity contribution < 1.29 is 9.59 Å². The predicted octanol–water partition coefficient (Wildman–Crippen LogP) is 2.15. The SMILES string of the molecule is CC(=O)NNC(=O)C1CCCCC(C)(C)CC1. The van der Waals surface area contributed by atoms with Gasteiger partial charge in [-0.05, 0) is 31.1 Å². The zero-order chi connectivity index (χ0) is 12.9. The van der Waals surface area contributed by atoms with Crippen LogP contribution in [-0.4, -0.2) is 11.8 Å². The zero-order valence-corrected chi connectivity index (χ0v) is 11.1. The molecule has 1 unspecified atom stereocenters. The van der Waals surface area contributed by atoms with Gasteiger partial charge in [0.15, 0.2) is 0 Å². The summed E-state index contributed by atoms with van der Waals surface area (Å²) in [5.74, 6) is -0.233. The van der Waals surface area contributed by atoms with E-state index in [1.165, 1.54) is 19.8 Å². The van der Waals surface area contributed by atoms with Crippen molar-refractivity contribution in [2.75, 3.05) is 0 Å². The number of amides is 2. The summed E-state index contributed by atoms with van der Waals surface area (Å²) < 4.78 is 0. The van der Waals surface area contributed by atoms with E-state index in [9.17, 15) is 9.59 Å². The first-order valence-electron chi connectivity index (χ1n) is 6.47. The van der Waals surface area contributed by atoms with Gasteiger partial charge in [-0.3, -0.25) is 20.4 Å². The topological polar surface area (TPSA) is 58.2 Å². The summed E-state index contributed by atoms with van der Waals surface area (Å²) in [6.07, 6.45) is 6.45. The number of carbonyl (C=O) groups is 2. The lowest BCUT2D eigenvalue weighted by Gasteiger charge is -2.29. The summed E-state index contributed by atoms with van der Waals surface area (Å²) in [5.41, 5.74) is 5.19. The van der Waals surface area contributed by atoms with Crippen LogP contribution >= 0.6 is 0 Å². The fourth-order valence-corrected chi connectivity index (χ4v) is 2.34. The van der Waals surface area contributed by atoms with Crippen molar-refractivity contribution in [3.8, 4) is 0 Å². The Balaban J connectivity index is 2.45. The molecule has 2 N–H and O–H groups in total. The third kappa shape index (κ3) is 5.20. The van der Waals surface area contributed by atoms with Gasteiger partial charge in [0, 0.05) is 12.8 Å². The second kappa shape index (κ2) is 6.03. The van der Waals surface area contributed by atoms with Crippen molar-refractivity contribution in [1.29, 1.82) is 0 Å². The second-order valence-corrected chi connectivity index (χ2v) is 5.82. The molecule has 1 rings (SSSR count). The molecular weight excluding hydrogens is 216 g/mol. The molecule has 0 heterocycles. The Morgan fingerprint density at radius 3 is 2.41 bits per heavy atom. The Morgan fingerprint density at radius 2 is 1.76 bits per heavy atom. The Kier molecular flexibility index (Phi) is 4.97. The summed E-state index contributed by atoms with van der Waals surface area (Å²) in [4.78, 5) is 22.6. The van der Waals surface area contributed by atoms with Crippen molar-refractivity contribution in [2.24, 2.45) is 11.3 Å². The summed E-state index contributed by atoms with van der Waals surface area (Å²) in [7, 11) is 0. The van der Waals surface area contributed by atoms with E-state index in [0.29, 0.717) is 5.41 Å². The Hall–Kier alpha value is -1.06. The third-order valence-electron chi connectivity index (χ3n) is 3.56. The Bertz CT molecular complexity index is 287. The summed E-state index contributed by atoms with van der Waals surface area (Å²) in [6, 6.07) is 0. The largest absolute Gasteiger partial charge is 0.274 e. The highest BCUT2D eigenvalue weighted by molar-refractivity contribution is 5.82. The van der Waals surface area contributed by atoms with Crippen LogP contribution in [0.15, 0.2) is 0 Å². The lowest BCUT2D eigenvalue weighted by Crippen LogP contribution is -2.44. The molecule has 0 aliphatic heterocycles. The molecule has 2 amide bonds. The average Bonchev–Trinajstić information content (AvgIpc) is 2.22. The molecule has 1 aliphatic rings. The minimum Gasteiger partial charge on any atom is -0.274 e. The highest BCUT2D eigenvalue weighted by atomic mass is 16.2. The van der Waals surface area contributed by atoms with Crippen molar-refractivity contribution in [2.45, 2.75) is 59.3 Å². The minimum atomic E-state index is -0.232. The third-order valence-corrected chi connectivity index (χ3v) is 3.56. The molecule has 0 spiro atoms. The maximum absolute atomic E-state index is 11.9. The molecule has 4 nitrogen and oxygen atoms in total. The maximum atomic E-state index is 11.9. The summed E-state index contributed by atoms with van der Waals surface area (Å²) >= 11 is 0. The first-order chi connectivity index (χ1) is 7.91. The van der Waals surface area contributed by atoms with Gasteiger partial charge in [0.2, 0.25) is 11.8 Å². The molecule has 1 saturated carbocycles. The van der Waals surface area contributed by atoms with Crippen molar-refractivity contribution >= 4 is 11.8 Å². The van der Waals surface area contributed by atoms with Gasteiger partial charge in [0.05, 0.1) is 0 Å². The van der Waals surface area contributed by atoms with Crippen molar-refractivity contribution in [1.82, 2.24) is 10.9 Å². The number of carbonyl (C=O) groups excluding carboxylic acids is 2. The van der Waals surface area contributed by atoms with Gasteiger partial charge >= 0.3 is 0 Å². The van der Waals surface area contributed by atoms with E-state index in [0.717, 1.165) is 25.7 Å². The minimum absolute atomic E-state index is 0.0430. The monoisotopic (exact) mass is 240 g/mol. The molecule has 0 saturated heterocycles. The molecule has 1 fully saturated rings. The van der Waals surface area contributed by atoms with Crippen LogP contribution in [-0.2, 0) is 9.59 Å². The first kappa shape index (κ1) is 14.0. The van der Waals surface area contributed by atoms with E-state index in [2.05, 4.69) is 24.7 Å². The van der Waals surface area contributed by atoms with Crippen LogP contribution in [0.4, 0.5) is 0 Å². The number of nitrogens with one attached hydrogen (secondary N) is 2. The molecule has 98 valence electrons. The van der Waals surface area contributed by atoms with Crippen LogP contribution in [0.25, 0.3) is 0 Å². The van der Waals surface area contributed by atoms with E-state index in [4.69, 9.17) is 0 Å². The molecule has 0 radical (unpaired) electrons. The standard InChI is InChI=1S/C13H24N2O2/c1-10(16)14-15-12(17)11-6-4-5-8-13(2,3)9-7-11/h11H,4-9H2,1-3H3,(H,14,16)(H,15,17). The first-order valence-corrected chi connectivity index (χ1v) is 6.47. The number of hydrogen-bond acceptors (Lipinski definition) is 2. The van der Waals surface area contributed by atoms with Gasteiger partial charge in [-0.25, -0.2) is 0 Å². The lowest BCUT2D eigenvalue weighted by atomic mass is 9.77. The van der Waals surface area contributed by atoms with E-state index in [1.807, 2.05) is 0 Å². The van der Waals surface area contributed by atoms with Crippen LogP contribution in [0.2, 0.25) is 0 Å². The lowest BCUT2D eigenvalue weighted by molar-refractivity contribution is -0.131. The molecule has 0 aromatic carbocycles. The van der Waals surface area contributed by atoms with Crippen LogP contribution in [0.1, 0.15) is 59.3 Å². The predicted molar refractivity (Wildman–Crippen MR) is 66.9 cm³/mol. The van der Waals surface area contributed by atoms with E-state index in [1.54, 1.807) is 0 Å². The molecule has 0 bridgehead atoms. The fraction of sp³-hybridized carbons (Fsp3) is 0.846.